The van der Waals surface area contributed by atoms with Crippen LogP contribution in [-0.4, -0.2) is 11.3 Å². The molecule has 2 nitrogen and oxygen atoms in total. The molecule has 0 aromatic rings. The molecule has 0 aromatic carbocycles. The highest BCUT2D eigenvalue weighted by Gasteiger charge is 2.35. The highest BCUT2D eigenvalue weighted by Crippen LogP contribution is 2.24. The Morgan fingerprint density at radius 1 is 1.50 bits per heavy atom. The molecule has 0 aromatic heterocycles. The van der Waals surface area contributed by atoms with E-state index in [1.807, 2.05) is 32.9 Å². The topological polar surface area (TPSA) is 29.1 Å². The molecular formula is C13H18BrNO. The van der Waals surface area contributed by atoms with Gasteiger partial charge in [0.2, 0.25) is 0 Å². The molecule has 0 spiro atoms. The third-order valence-corrected chi connectivity index (χ3v) is 3.11. The van der Waals surface area contributed by atoms with Gasteiger partial charge in [0.1, 0.15) is 0 Å². The van der Waals surface area contributed by atoms with Gasteiger partial charge in [-0.3, -0.25) is 4.79 Å². The Morgan fingerprint density at radius 2 is 2.12 bits per heavy atom. The van der Waals surface area contributed by atoms with E-state index >= 15 is 0 Å². The van der Waals surface area contributed by atoms with Crippen LogP contribution in [0, 0.1) is 0 Å². The van der Waals surface area contributed by atoms with Crippen LogP contribution in [0.3, 0.4) is 0 Å². The van der Waals surface area contributed by atoms with Gasteiger partial charge in [0.15, 0.2) is 5.78 Å². The van der Waals surface area contributed by atoms with E-state index in [9.17, 15) is 4.79 Å². The van der Waals surface area contributed by atoms with E-state index in [1.165, 1.54) is 0 Å². The summed E-state index contributed by atoms with van der Waals surface area (Å²) in [5.41, 5.74) is 1.25. The molecule has 0 atom stereocenters. The molecule has 1 aliphatic rings. The predicted octanol–water partition coefficient (Wildman–Crippen LogP) is 3.46. The summed E-state index contributed by atoms with van der Waals surface area (Å²) in [6, 6.07) is 0. The third kappa shape index (κ3) is 2.85. The zero-order chi connectivity index (χ0) is 12.3. The summed E-state index contributed by atoms with van der Waals surface area (Å²) >= 11 is 3.43. The summed E-state index contributed by atoms with van der Waals surface area (Å²) in [6.45, 7) is 7.81. The summed E-state index contributed by atoms with van der Waals surface area (Å²) in [6.07, 6.45) is 6.82. The molecule has 0 amide bonds. The van der Waals surface area contributed by atoms with Gasteiger partial charge in [0, 0.05) is 15.8 Å². The van der Waals surface area contributed by atoms with Crippen molar-refractivity contribution >= 4 is 21.7 Å². The zero-order valence-electron chi connectivity index (χ0n) is 10.2. The van der Waals surface area contributed by atoms with E-state index in [1.54, 1.807) is 0 Å². The lowest BCUT2D eigenvalue weighted by atomic mass is 9.97. The number of ketones is 1. The number of nitrogens with one attached hydrogen (secondary N) is 1. The maximum atomic E-state index is 12.0. The average Bonchev–Trinajstić information content (AvgIpc) is 2.35. The summed E-state index contributed by atoms with van der Waals surface area (Å²) in [4.78, 5) is 12.0. The van der Waals surface area contributed by atoms with E-state index in [0.717, 1.165) is 22.2 Å². The lowest BCUT2D eigenvalue weighted by Crippen LogP contribution is -2.39. The molecule has 0 bridgehead atoms. The predicted molar refractivity (Wildman–Crippen MR) is 71.4 cm³/mol. The van der Waals surface area contributed by atoms with E-state index < -0.39 is 5.54 Å². The number of allylic oxidation sites excluding steroid dienone is 5. The van der Waals surface area contributed by atoms with Crippen molar-refractivity contribution in [2.75, 3.05) is 0 Å². The molecule has 0 aliphatic carbocycles. The maximum Gasteiger partial charge on any atom is 0.189 e. The molecule has 1 N–H and O–H groups in total. The first-order valence-corrected chi connectivity index (χ1v) is 6.25. The Hall–Kier alpha value is -0.830. The maximum absolute atomic E-state index is 12.0. The van der Waals surface area contributed by atoms with Gasteiger partial charge in [0.25, 0.3) is 0 Å². The molecule has 0 radical (unpaired) electrons. The first kappa shape index (κ1) is 13.2. The van der Waals surface area contributed by atoms with Crippen LogP contribution in [0.2, 0.25) is 0 Å². The standard InChI is InChI=1S/C13H18BrNO/c1-5-6-10(14)7-8-11-9(2)15-13(3,4)12(11)16/h6-8,15H,5H2,1-4H3/b8-7-,10-6-. The second kappa shape index (κ2) is 5.00. The first-order valence-electron chi connectivity index (χ1n) is 5.46. The van der Waals surface area contributed by atoms with Gasteiger partial charge in [0.05, 0.1) is 5.54 Å². The van der Waals surface area contributed by atoms with Crippen LogP contribution in [0.15, 0.2) is 34.0 Å². The van der Waals surface area contributed by atoms with Gasteiger partial charge < -0.3 is 5.32 Å². The van der Waals surface area contributed by atoms with Crippen LogP contribution >= 0.6 is 15.9 Å². The minimum atomic E-state index is -0.468. The molecule has 1 aliphatic heterocycles. The van der Waals surface area contributed by atoms with Crippen LogP contribution in [0.5, 0.6) is 0 Å². The van der Waals surface area contributed by atoms with Crippen molar-refractivity contribution in [2.24, 2.45) is 0 Å². The smallest absolute Gasteiger partial charge is 0.189 e. The second-order valence-corrected chi connectivity index (χ2v) is 5.36. The summed E-state index contributed by atoms with van der Waals surface area (Å²) in [5, 5.41) is 3.19. The average molecular weight is 284 g/mol. The van der Waals surface area contributed by atoms with Crippen LogP contribution in [-0.2, 0) is 4.79 Å². The zero-order valence-corrected chi connectivity index (χ0v) is 11.8. The molecule has 1 rings (SSSR count). The SMILES string of the molecule is CC/C=C(Br)/C=C\C1=C(C)NC(C)(C)C1=O. The van der Waals surface area contributed by atoms with Crippen molar-refractivity contribution in [3.8, 4) is 0 Å². The van der Waals surface area contributed by atoms with Gasteiger partial charge >= 0.3 is 0 Å². The van der Waals surface area contributed by atoms with E-state index in [-0.39, 0.29) is 5.78 Å². The van der Waals surface area contributed by atoms with Gasteiger partial charge in [-0.25, -0.2) is 0 Å². The van der Waals surface area contributed by atoms with Gasteiger partial charge in [-0.2, -0.15) is 0 Å². The molecule has 1 heterocycles. The molecular weight excluding hydrogens is 266 g/mol. The lowest BCUT2D eigenvalue weighted by molar-refractivity contribution is -0.118. The number of rotatable bonds is 3. The summed E-state index contributed by atoms with van der Waals surface area (Å²) in [5.74, 6) is 0.151. The van der Waals surface area contributed by atoms with Crippen LogP contribution < -0.4 is 5.32 Å². The van der Waals surface area contributed by atoms with Crippen molar-refractivity contribution in [1.29, 1.82) is 0 Å². The van der Waals surface area contributed by atoms with E-state index in [2.05, 4.69) is 34.2 Å². The number of carbonyl (C=O) groups is 1. The Balaban J connectivity index is 2.87. The van der Waals surface area contributed by atoms with Gasteiger partial charge in [-0.15, -0.1) is 0 Å². The number of halogens is 1. The van der Waals surface area contributed by atoms with Crippen LogP contribution in [0.25, 0.3) is 0 Å². The summed E-state index contributed by atoms with van der Waals surface area (Å²) in [7, 11) is 0. The van der Waals surface area contributed by atoms with Crippen molar-refractivity contribution < 1.29 is 4.79 Å². The Morgan fingerprint density at radius 3 is 2.56 bits per heavy atom. The third-order valence-electron chi connectivity index (χ3n) is 2.52. The highest BCUT2D eigenvalue weighted by molar-refractivity contribution is 9.11. The molecule has 0 saturated heterocycles. The van der Waals surface area contributed by atoms with E-state index in [4.69, 9.17) is 0 Å². The van der Waals surface area contributed by atoms with Crippen molar-refractivity contribution in [3.05, 3.63) is 34.0 Å². The van der Waals surface area contributed by atoms with Crippen molar-refractivity contribution in [3.63, 3.8) is 0 Å². The number of Topliss-reactive ketones (excluding diaryl/α,β-unsaturated/α-hetero) is 1. The first-order chi connectivity index (χ1) is 7.38. The van der Waals surface area contributed by atoms with Crippen LogP contribution in [0.4, 0.5) is 0 Å². The molecule has 3 heteroatoms. The van der Waals surface area contributed by atoms with Crippen molar-refractivity contribution in [2.45, 2.75) is 39.7 Å². The minimum Gasteiger partial charge on any atom is -0.376 e. The Kier molecular flexibility index (Phi) is 4.14. The number of hydrogen-bond donors (Lipinski definition) is 1. The fourth-order valence-corrected chi connectivity index (χ4v) is 2.18. The molecule has 88 valence electrons. The molecule has 16 heavy (non-hydrogen) atoms. The fourth-order valence-electron chi connectivity index (χ4n) is 1.73. The van der Waals surface area contributed by atoms with E-state index in [0.29, 0.717) is 0 Å². The van der Waals surface area contributed by atoms with Gasteiger partial charge in [-0.05, 0) is 39.3 Å². The van der Waals surface area contributed by atoms with Crippen molar-refractivity contribution in [1.82, 2.24) is 5.32 Å². The normalized spacial score (nSPS) is 20.8. The lowest BCUT2D eigenvalue weighted by Gasteiger charge is -2.17. The number of hydrogen-bond acceptors (Lipinski definition) is 2. The Bertz CT molecular complexity index is 389. The molecule has 0 fully saturated rings. The molecule has 0 saturated carbocycles. The Labute approximate surface area is 106 Å². The van der Waals surface area contributed by atoms with Crippen LogP contribution in [0.1, 0.15) is 34.1 Å². The monoisotopic (exact) mass is 283 g/mol. The largest absolute Gasteiger partial charge is 0.376 e. The fraction of sp³-hybridized carbons (Fsp3) is 0.462. The minimum absolute atomic E-state index is 0.151. The second-order valence-electron chi connectivity index (χ2n) is 4.45. The van der Waals surface area contributed by atoms with Gasteiger partial charge in [-0.1, -0.05) is 28.9 Å². The quantitative estimate of drug-likeness (QED) is 0.804. The molecule has 0 unspecified atom stereocenters. The highest BCUT2D eigenvalue weighted by atomic mass is 79.9. The number of carbonyl (C=O) groups excluding carboxylic acids is 1. The summed E-state index contributed by atoms with van der Waals surface area (Å²) < 4.78 is 1.01.